The van der Waals surface area contributed by atoms with Gasteiger partial charge >= 0.3 is 0 Å². The Balaban J connectivity index is 1.84. The molecule has 1 fully saturated rings. The zero-order valence-corrected chi connectivity index (χ0v) is 14.7. The Bertz CT molecular complexity index is 791. The minimum absolute atomic E-state index is 0.173. The molecule has 0 aliphatic carbocycles. The number of rotatable bonds is 5. The predicted octanol–water partition coefficient (Wildman–Crippen LogP) is 2.45. The van der Waals surface area contributed by atoms with E-state index in [1.807, 2.05) is 6.92 Å². The molecule has 0 saturated carbocycles. The molecule has 1 aliphatic heterocycles. The molecule has 1 aromatic heterocycles. The zero-order valence-electron chi connectivity index (χ0n) is 14.7. The number of nitrogens with one attached hydrogen (secondary N) is 1. The maximum Gasteiger partial charge on any atom is 0.267 e. The molecule has 1 unspecified atom stereocenters. The number of carbonyl (C=O) groups is 1. The third kappa shape index (κ3) is 4.11. The number of aliphatic hydroxyl groups is 1. The maximum absolute atomic E-state index is 13.9. The quantitative estimate of drug-likeness (QED) is 0.764. The number of primary amides is 1. The molecular formula is C19H23FN4O2. The molecule has 138 valence electrons. The monoisotopic (exact) mass is 358 g/mol. The molecule has 0 spiro atoms. The van der Waals surface area contributed by atoms with Gasteiger partial charge in [0.25, 0.3) is 5.91 Å². The molecule has 1 amide bonds. The minimum atomic E-state index is -0.598. The van der Waals surface area contributed by atoms with Crippen LogP contribution in [0.25, 0.3) is 0 Å². The number of hydrogen-bond donors (Lipinski definition) is 3. The normalized spacial score (nSPS) is 16.3. The topological polar surface area (TPSA) is 91.5 Å². The van der Waals surface area contributed by atoms with E-state index >= 15 is 0 Å². The van der Waals surface area contributed by atoms with Crippen LogP contribution in [0, 0.1) is 5.82 Å². The Morgan fingerprint density at radius 2 is 2.08 bits per heavy atom. The zero-order chi connectivity index (χ0) is 18.7. The summed E-state index contributed by atoms with van der Waals surface area (Å²) in [5.41, 5.74) is 7.90. The summed E-state index contributed by atoms with van der Waals surface area (Å²) in [5.74, 6) is -0.901. The van der Waals surface area contributed by atoms with Crippen molar-refractivity contribution in [3.63, 3.8) is 0 Å². The van der Waals surface area contributed by atoms with E-state index in [9.17, 15) is 14.3 Å². The first-order valence-electron chi connectivity index (χ1n) is 8.69. The van der Waals surface area contributed by atoms with Crippen molar-refractivity contribution >= 4 is 17.3 Å². The predicted molar refractivity (Wildman–Crippen MR) is 98.6 cm³/mol. The molecule has 1 saturated heterocycles. The van der Waals surface area contributed by atoms with Crippen LogP contribution in [-0.4, -0.2) is 35.2 Å². The van der Waals surface area contributed by atoms with Crippen LogP contribution in [0.1, 0.15) is 41.9 Å². The summed E-state index contributed by atoms with van der Waals surface area (Å²) in [5, 5.41) is 13.0. The van der Waals surface area contributed by atoms with E-state index < -0.39 is 5.91 Å². The maximum atomic E-state index is 13.9. The van der Waals surface area contributed by atoms with Crippen LogP contribution in [-0.2, 0) is 0 Å². The van der Waals surface area contributed by atoms with Crippen molar-refractivity contribution in [1.29, 1.82) is 0 Å². The standard InChI is InChI=1S/C19H23FN4O2/c1-12(23-14-4-7-22-17(11-14)19(21)26)16-10-13(20)2-3-18(16)24-8-5-15(25)6-9-24/h2-4,7,10-12,15,25H,5-6,8-9H2,1H3,(H2,21,26)(H,22,23). The Labute approximate surface area is 151 Å². The molecule has 3 rings (SSSR count). The molecule has 4 N–H and O–H groups in total. The lowest BCUT2D eigenvalue weighted by Gasteiger charge is -2.34. The number of piperidine rings is 1. The number of pyridine rings is 1. The first-order chi connectivity index (χ1) is 12.4. The second-order valence-corrected chi connectivity index (χ2v) is 6.58. The summed E-state index contributed by atoms with van der Waals surface area (Å²) >= 11 is 0. The van der Waals surface area contributed by atoms with E-state index in [4.69, 9.17) is 5.73 Å². The van der Waals surface area contributed by atoms with Gasteiger partial charge in [-0.05, 0) is 50.1 Å². The van der Waals surface area contributed by atoms with E-state index in [1.54, 1.807) is 18.2 Å². The van der Waals surface area contributed by atoms with Crippen LogP contribution in [0.4, 0.5) is 15.8 Å². The van der Waals surface area contributed by atoms with Crippen molar-refractivity contribution < 1.29 is 14.3 Å². The number of carbonyl (C=O) groups excluding carboxylic acids is 1. The molecule has 2 heterocycles. The minimum Gasteiger partial charge on any atom is -0.393 e. The number of halogens is 1. The van der Waals surface area contributed by atoms with Gasteiger partial charge < -0.3 is 21.1 Å². The van der Waals surface area contributed by atoms with Gasteiger partial charge in [-0.1, -0.05) is 0 Å². The summed E-state index contributed by atoms with van der Waals surface area (Å²) in [6.45, 7) is 3.39. The molecule has 2 aromatic rings. The van der Waals surface area contributed by atoms with Gasteiger partial charge in [0.15, 0.2) is 0 Å². The number of nitrogens with zero attached hydrogens (tertiary/aromatic N) is 2. The van der Waals surface area contributed by atoms with Gasteiger partial charge in [-0.2, -0.15) is 0 Å². The largest absolute Gasteiger partial charge is 0.393 e. The SMILES string of the molecule is CC(Nc1ccnc(C(N)=O)c1)c1cc(F)ccc1N1CCC(O)CC1. The second kappa shape index (κ2) is 7.70. The number of amides is 1. The average molecular weight is 358 g/mol. The number of hydrogen-bond acceptors (Lipinski definition) is 5. The summed E-state index contributed by atoms with van der Waals surface area (Å²) < 4.78 is 13.9. The third-order valence-electron chi connectivity index (χ3n) is 4.66. The highest BCUT2D eigenvalue weighted by Crippen LogP contribution is 2.31. The lowest BCUT2D eigenvalue weighted by atomic mass is 10.0. The molecule has 0 radical (unpaired) electrons. The van der Waals surface area contributed by atoms with Gasteiger partial charge in [0.1, 0.15) is 11.5 Å². The lowest BCUT2D eigenvalue weighted by molar-refractivity contribution is 0.0995. The van der Waals surface area contributed by atoms with Gasteiger partial charge in [-0.15, -0.1) is 0 Å². The highest BCUT2D eigenvalue weighted by Gasteiger charge is 2.22. The number of aromatic nitrogens is 1. The van der Waals surface area contributed by atoms with Crippen molar-refractivity contribution in [3.05, 3.63) is 53.6 Å². The fourth-order valence-electron chi connectivity index (χ4n) is 3.25. The number of benzene rings is 1. The van der Waals surface area contributed by atoms with E-state index in [0.29, 0.717) is 18.5 Å². The Morgan fingerprint density at radius 1 is 1.35 bits per heavy atom. The Kier molecular flexibility index (Phi) is 5.37. The van der Waals surface area contributed by atoms with Crippen molar-refractivity contribution in [3.8, 4) is 0 Å². The fraction of sp³-hybridized carbons (Fsp3) is 0.368. The van der Waals surface area contributed by atoms with Gasteiger partial charge in [-0.25, -0.2) is 4.39 Å². The van der Waals surface area contributed by atoms with E-state index in [1.165, 1.54) is 18.3 Å². The van der Waals surface area contributed by atoms with Gasteiger partial charge in [0.2, 0.25) is 0 Å². The van der Waals surface area contributed by atoms with Crippen LogP contribution < -0.4 is 16.0 Å². The van der Waals surface area contributed by atoms with Crippen molar-refractivity contribution in [2.75, 3.05) is 23.3 Å². The number of anilines is 2. The Hall–Kier alpha value is -2.67. The molecule has 1 atom stereocenters. The second-order valence-electron chi connectivity index (χ2n) is 6.58. The molecule has 1 aromatic carbocycles. The summed E-state index contributed by atoms with van der Waals surface area (Å²) in [4.78, 5) is 17.4. The highest BCUT2D eigenvalue weighted by molar-refractivity contribution is 5.91. The first kappa shape index (κ1) is 18.1. The van der Waals surface area contributed by atoms with Crippen molar-refractivity contribution in [2.45, 2.75) is 31.9 Å². The molecule has 26 heavy (non-hydrogen) atoms. The fourth-order valence-corrected chi connectivity index (χ4v) is 3.25. The van der Waals surface area contributed by atoms with E-state index in [-0.39, 0.29) is 23.7 Å². The van der Waals surface area contributed by atoms with Gasteiger partial charge in [0.05, 0.1) is 12.1 Å². The smallest absolute Gasteiger partial charge is 0.267 e. The van der Waals surface area contributed by atoms with Crippen LogP contribution >= 0.6 is 0 Å². The van der Waals surface area contributed by atoms with Gasteiger partial charge in [0, 0.05) is 36.2 Å². The van der Waals surface area contributed by atoms with Crippen molar-refractivity contribution in [1.82, 2.24) is 4.98 Å². The summed E-state index contributed by atoms with van der Waals surface area (Å²) in [7, 11) is 0. The Morgan fingerprint density at radius 3 is 2.77 bits per heavy atom. The van der Waals surface area contributed by atoms with Crippen LogP contribution in [0.5, 0.6) is 0 Å². The van der Waals surface area contributed by atoms with E-state index in [2.05, 4.69) is 15.2 Å². The van der Waals surface area contributed by atoms with Gasteiger partial charge in [-0.3, -0.25) is 9.78 Å². The third-order valence-corrected chi connectivity index (χ3v) is 4.66. The molecule has 6 nitrogen and oxygen atoms in total. The molecular weight excluding hydrogens is 335 g/mol. The van der Waals surface area contributed by atoms with Crippen LogP contribution in [0.2, 0.25) is 0 Å². The van der Waals surface area contributed by atoms with Crippen LogP contribution in [0.15, 0.2) is 36.5 Å². The summed E-state index contributed by atoms with van der Waals surface area (Å²) in [6.07, 6.45) is 2.64. The van der Waals surface area contributed by atoms with E-state index in [0.717, 1.165) is 24.3 Å². The van der Waals surface area contributed by atoms with Crippen LogP contribution in [0.3, 0.4) is 0 Å². The molecule has 0 bridgehead atoms. The molecule has 1 aliphatic rings. The number of nitrogens with two attached hydrogens (primary N) is 1. The first-order valence-corrected chi connectivity index (χ1v) is 8.69. The highest BCUT2D eigenvalue weighted by atomic mass is 19.1. The van der Waals surface area contributed by atoms with Crippen molar-refractivity contribution in [2.24, 2.45) is 5.73 Å². The lowest BCUT2D eigenvalue weighted by Crippen LogP contribution is -2.36. The summed E-state index contributed by atoms with van der Waals surface area (Å²) in [6, 6.07) is 7.87. The molecule has 7 heteroatoms. The number of aliphatic hydroxyl groups excluding tert-OH is 1. The average Bonchev–Trinajstić information content (AvgIpc) is 2.62.